The molecule has 4 nitrogen and oxygen atoms in total. The zero-order chi connectivity index (χ0) is 13.0. The average molecular weight is 240 g/mol. The molecule has 0 aliphatic rings. The first kappa shape index (κ1) is 11.9. The Morgan fingerprint density at radius 1 is 1.00 bits per heavy atom. The van der Waals surface area contributed by atoms with E-state index in [9.17, 15) is 0 Å². The first-order valence-corrected chi connectivity index (χ1v) is 5.38. The van der Waals surface area contributed by atoms with Gasteiger partial charge < -0.3 is 9.47 Å². The van der Waals surface area contributed by atoms with Crippen LogP contribution in [0.25, 0.3) is 11.3 Å². The second-order valence-electron chi connectivity index (χ2n) is 3.60. The molecule has 0 saturated heterocycles. The van der Waals surface area contributed by atoms with Gasteiger partial charge in [0, 0.05) is 5.56 Å². The fourth-order valence-electron chi connectivity index (χ4n) is 1.61. The second kappa shape index (κ2) is 5.19. The van der Waals surface area contributed by atoms with E-state index in [2.05, 4.69) is 11.1 Å². The highest BCUT2D eigenvalue weighted by atomic mass is 16.5. The minimum absolute atomic E-state index is 0.444. The van der Waals surface area contributed by atoms with Gasteiger partial charge in [0.25, 0.3) is 5.88 Å². The van der Waals surface area contributed by atoms with Gasteiger partial charge in [0.15, 0.2) is 5.75 Å². The van der Waals surface area contributed by atoms with E-state index < -0.39 is 0 Å². The van der Waals surface area contributed by atoms with Crippen molar-refractivity contribution in [3.63, 3.8) is 0 Å². The van der Waals surface area contributed by atoms with Crippen LogP contribution in [-0.2, 0) is 0 Å². The number of hydrogen-bond donors (Lipinski definition) is 0. The van der Waals surface area contributed by atoms with Gasteiger partial charge in [-0.25, -0.2) is 4.98 Å². The highest BCUT2D eigenvalue weighted by Crippen LogP contribution is 2.28. The largest absolute Gasteiger partial charge is 0.491 e. The van der Waals surface area contributed by atoms with Gasteiger partial charge in [0.1, 0.15) is 0 Å². The molecule has 0 atom stereocenters. The summed E-state index contributed by atoms with van der Waals surface area (Å²) >= 11 is 0. The Morgan fingerprint density at radius 2 is 1.72 bits per heavy atom. The predicted octanol–water partition coefficient (Wildman–Crippen LogP) is 2.64. The number of nitriles is 1. The molecular formula is C14H12N2O2. The molecule has 1 aromatic heterocycles. The Kier molecular flexibility index (Phi) is 3.44. The Bertz CT molecular complexity index is 586. The van der Waals surface area contributed by atoms with E-state index in [1.165, 1.54) is 0 Å². The number of aromatic nitrogens is 1. The summed E-state index contributed by atoms with van der Waals surface area (Å²) in [7, 11) is 3.12. The van der Waals surface area contributed by atoms with E-state index in [-0.39, 0.29) is 0 Å². The number of ether oxygens (including phenoxy) is 2. The van der Waals surface area contributed by atoms with E-state index >= 15 is 0 Å². The lowest BCUT2D eigenvalue weighted by Crippen LogP contribution is -1.94. The van der Waals surface area contributed by atoms with Gasteiger partial charge in [0.2, 0.25) is 0 Å². The fourth-order valence-corrected chi connectivity index (χ4v) is 1.61. The van der Waals surface area contributed by atoms with Gasteiger partial charge >= 0.3 is 0 Å². The summed E-state index contributed by atoms with van der Waals surface area (Å²) < 4.78 is 10.3. The lowest BCUT2D eigenvalue weighted by Gasteiger charge is -2.08. The van der Waals surface area contributed by atoms with Crippen molar-refractivity contribution in [2.45, 2.75) is 0 Å². The first-order chi connectivity index (χ1) is 8.78. The smallest absolute Gasteiger partial charge is 0.257 e. The Morgan fingerprint density at radius 3 is 2.28 bits per heavy atom. The highest BCUT2D eigenvalue weighted by molar-refractivity contribution is 5.62. The van der Waals surface area contributed by atoms with Gasteiger partial charge in [-0.3, -0.25) is 0 Å². The van der Waals surface area contributed by atoms with Gasteiger partial charge in [-0.2, -0.15) is 5.26 Å². The van der Waals surface area contributed by atoms with Crippen molar-refractivity contribution in [3.05, 3.63) is 42.0 Å². The Hall–Kier alpha value is -2.54. The van der Waals surface area contributed by atoms with Gasteiger partial charge in [-0.1, -0.05) is 12.1 Å². The lowest BCUT2D eigenvalue weighted by molar-refractivity contribution is 0.343. The van der Waals surface area contributed by atoms with E-state index in [0.717, 1.165) is 11.3 Å². The minimum Gasteiger partial charge on any atom is -0.491 e. The summed E-state index contributed by atoms with van der Waals surface area (Å²) in [4.78, 5) is 4.36. The van der Waals surface area contributed by atoms with Crippen LogP contribution in [-0.4, -0.2) is 19.2 Å². The third-order valence-electron chi connectivity index (χ3n) is 2.55. The third-order valence-corrected chi connectivity index (χ3v) is 2.55. The van der Waals surface area contributed by atoms with E-state index in [0.29, 0.717) is 17.2 Å². The molecule has 1 aromatic carbocycles. The molecule has 2 aromatic rings. The summed E-state index contributed by atoms with van der Waals surface area (Å²) in [5, 5.41) is 8.75. The lowest BCUT2D eigenvalue weighted by atomic mass is 10.1. The standard InChI is InChI=1S/C14H12N2O2/c1-17-13-8-7-12(16-14(13)18-2)11-5-3-10(9-15)4-6-11/h3-8H,1-2H3. The molecule has 0 aliphatic heterocycles. The van der Waals surface area contributed by atoms with Crippen molar-refractivity contribution >= 4 is 0 Å². The third kappa shape index (κ3) is 2.25. The number of pyridine rings is 1. The molecule has 0 spiro atoms. The van der Waals surface area contributed by atoms with Crippen LogP contribution in [0.5, 0.6) is 11.6 Å². The van der Waals surface area contributed by atoms with Crippen LogP contribution in [0.2, 0.25) is 0 Å². The fraction of sp³-hybridized carbons (Fsp3) is 0.143. The molecule has 0 fully saturated rings. The number of hydrogen-bond acceptors (Lipinski definition) is 4. The summed E-state index contributed by atoms with van der Waals surface area (Å²) in [5.41, 5.74) is 2.33. The average Bonchev–Trinajstić information content (AvgIpc) is 2.46. The van der Waals surface area contributed by atoms with Crippen molar-refractivity contribution < 1.29 is 9.47 Å². The zero-order valence-corrected chi connectivity index (χ0v) is 10.2. The van der Waals surface area contributed by atoms with Crippen molar-refractivity contribution in [1.82, 2.24) is 4.98 Å². The summed E-state index contributed by atoms with van der Waals surface area (Å²) in [5.74, 6) is 1.04. The molecule has 4 heteroatoms. The number of benzene rings is 1. The molecule has 0 aliphatic carbocycles. The van der Waals surface area contributed by atoms with Crippen LogP contribution in [0.4, 0.5) is 0 Å². The number of methoxy groups -OCH3 is 2. The predicted molar refractivity (Wildman–Crippen MR) is 67.5 cm³/mol. The Balaban J connectivity index is 2.41. The molecule has 0 N–H and O–H groups in total. The maximum absolute atomic E-state index is 8.75. The number of nitrogens with zero attached hydrogens (tertiary/aromatic N) is 2. The topological polar surface area (TPSA) is 55.1 Å². The Labute approximate surface area is 105 Å². The van der Waals surface area contributed by atoms with Gasteiger partial charge in [-0.05, 0) is 24.3 Å². The highest BCUT2D eigenvalue weighted by Gasteiger charge is 2.07. The van der Waals surface area contributed by atoms with Crippen molar-refractivity contribution in [3.8, 4) is 29.0 Å². The monoisotopic (exact) mass is 240 g/mol. The van der Waals surface area contributed by atoms with Crippen LogP contribution < -0.4 is 9.47 Å². The van der Waals surface area contributed by atoms with Crippen molar-refractivity contribution in [2.75, 3.05) is 14.2 Å². The molecule has 0 radical (unpaired) electrons. The summed E-state index contributed by atoms with van der Waals surface area (Å²) in [6, 6.07) is 13.0. The maximum Gasteiger partial charge on any atom is 0.257 e. The van der Waals surface area contributed by atoms with Crippen LogP contribution >= 0.6 is 0 Å². The van der Waals surface area contributed by atoms with Crippen LogP contribution in [0.15, 0.2) is 36.4 Å². The second-order valence-corrected chi connectivity index (χ2v) is 3.60. The van der Waals surface area contributed by atoms with E-state index in [4.69, 9.17) is 14.7 Å². The normalized spacial score (nSPS) is 9.61. The van der Waals surface area contributed by atoms with Crippen LogP contribution in [0.1, 0.15) is 5.56 Å². The van der Waals surface area contributed by atoms with E-state index in [1.807, 2.05) is 18.2 Å². The van der Waals surface area contributed by atoms with Crippen LogP contribution in [0, 0.1) is 11.3 Å². The van der Waals surface area contributed by atoms with Gasteiger partial charge in [-0.15, -0.1) is 0 Å². The molecule has 0 amide bonds. The molecular weight excluding hydrogens is 228 g/mol. The number of rotatable bonds is 3. The summed E-state index contributed by atoms with van der Waals surface area (Å²) in [6.07, 6.45) is 0. The van der Waals surface area contributed by atoms with E-state index in [1.54, 1.807) is 32.4 Å². The molecule has 0 saturated carbocycles. The molecule has 2 rings (SSSR count). The van der Waals surface area contributed by atoms with Gasteiger partial charge in [0.05, 0.1) is 31.5 Å². The maximum atomic E-state index is 8.75. The molecule has 0 unspecified atom stereocenters. The molecule has 18 heavy (non-hydrogen) atoms. The quantitative estimate of drug-likeness (QED) is 0.827. The van der Waals surface area contributed by atoms with Crippen LogP contribution in [0.3, 0.4) is 0 Å². The minimum atomic E-state index is 0.444. The zero-order valence-electron chi connectivity index (χ0n) is 10.2. The molecule has 0 bridgehead atoms. The first-order valence-electron chi connectivity index (χ1n) is 5.38. The van der Waals surface area contributed by atoms with Crippen molar-refractivity contribution in [2.24, 2.45) is 0 Å². The molecule has 1 heterocycles. The molecule has 90 valence electrons. The van der Waals surface area contributed by atoms with Crippen molar-refractivity contribution in [1.29, 1.82) is 5.26 Å². The SMILES string of the molecule is COc1ccc(-c2ccc(C#N)cc2)nc1OC. The summed E-state index contributed by atoms with van der Waals surface area (Å²) in [6.45, 7) is 0.